The van der Waals surface area contributed by atoms with Crippen molar-refractivity contribution in [3.63, 3.8) is 0 Å². The Morgan fingerprint density at radius 3 is 0.729 bits per heavy atom. The summed E-state index contributed by atoms with van der Waals surface area (Å²) in [5.74, 6) is 0.679. The number of hydrogen-bond donors (Lipinski definition) is 3. The van der Waals surface area contributed by atoms with Crippen molar-refractivity contribution in [3.05, 3.63) is 0 Å². The fourth-order valence-electron chi connectivity index (χ4n) is 9.78. The summed E-state index contributed by atoms with van der Waals surface area (Å²) in [7, 11) is -9.89. The van der Waals surface area contributed by atoms with Gasteiger partial charge in [0.15, 0.2) is 12.2 Å². The van der Waals surface area contributed by atoms with Gasteiger partial charge in [0.05, 0.1) is 26.4 Å². The highest BCUT2D eigenvalue weighted by atomic mass is 31.2. The van der Waals surface area contributed by atoms with Gasteiger partial charge in [0, 0.05) is 25.7 Å². The van der Waals surface area contributed by atoms with Crippen LogP contribution >= 0.6 is 15.6 Å². The first-order chi connectivity index (χ1) is 40.6. The van der Waals surface area contributed by atoms with Gasteiger partial charge in [-0.05, 0) is 49.4 Å². The average Bonchev–Trinajstić information content (AvgIpc) is 3.49. The Balaban J connectivity index is 5.14. The van der Waals surface area contributed by atoms with E-state index in [1.807, 2.05) is 0 Å². The molecule has 85 heavy (non-hydrogen) atoms. The number of unbranched alkanes of at least 4 members (excludes halogenated alkanes) is 29. The maximum Gasteiger partial charge on any atom is 0.472 e. The Kier molecular flexibility index (Phi) is 54.8. The lowest BCUT2D eigenvalue weighted by molar-refractivity contribution is -0.161. The van der Waals surface area contributed by atoms with E-state index in [2.05, 4.69) is 55.4 Å². The van der Waals surface area contributed by atoms with E-state index in [4.69, 9.17) is 37.0 Å². The third-order valence-electron chi connectivity index (χ3n) is 15.1. The molecule has 0 radical (unpaired) electrons. The van der Waals surface area contributed by atoms with E-state index in [9.17, 15) is 43.2 Å². The maximum absolute atomic E-state index is 13.0. The summed E-state index contributed by atoms with van der Waals surface area (Å²) < 4.78 is 67.9. The second-order valence-corrected chi connectivity index (χ2v) is 28.7. The number of carbonyl (C=O) groups is 4. The van der Waals surface area contributed by atoms with Crippen molar-refractivity contribution in [2.24, 2.45) is 23.7 Å². The summed E-state index contributed by atoms with van der Waals surface area (Å²) in [4.78, 5) is 72.2. The minimum Gasteiger partial charge on any atom is -0.462 e. The Morgan fingerprint density at radius 1 is 0.294 bits per heavy atom. The summed E-state index contributed by atoms with van der Waals surface area (Å²) in [6, 6.07) is 0. The molecule has 0 saturated carbocycles. The molecule has 0 bridgehead atoms. The molecule has 0 heterocycles. The van der Waals surface area contributed by atoms with Gasteiger partial charge in [-0.1, -0.05) is 267 Å². The molecule has 17 nitrogen and oxygen atoms in total. The Labute approximate surface area is 517 Å². The molecule has 0 aromatic heterocycles. The smallest absolute Gasteiger partial charge is 0.462 e. The molecule has 0 spiro atoms. The first kappa shape index (κ1) is 83.1. The van der Waals surface area contributed by atoms with Gasteiger partial charge in [-0.15, -0.1) is 0 Å². The van der Waals surface area contributed by atoms with E-state index in [1.54, 1.807) is 0 Å². The molecule has 0 aromatic rings. The molecule has 0 aliphatic carbocycles. The molecular formula is C66H128O17P2. The molecule has 504 valence electrons. The molecule has 0 aliphatic heterocycles. The number of carbonyl (C=O) groups excluding carboxylic acids is 4. The number of ether oxygens (including phenoxy) is 4. The zero-order chi connectivity index (χ0) is 63.2. The minimum atomic E-state index is -4.95. The van der Waals surface area contributed by atoms with Crippen LogP contribution in [0.15, 0.2) is 0 Å². The van der Waals surface area contributed by atoms with Crippen molar-refractivity contribution in [2.45, 2.75) is 337 Å². The van der Waals surface area contributed by atoms with Crippen LogP contribution in [0.4, 0.5) is 0 Å². The molecule has 0 amide bonds. The van der Waals surface area contributed by atoms with E-state index >= 15 is 0 Å². The zero-order valence-electron chi connectivity index (χ0n) is 55.2. The van der Waals surface area contributed by atoms with Crippen LogP contribution in [0.5, 0.6) is 0 Å². The Bertz CT molecular complexity index is 1700. The van der Waals surface area contributed by atoms with Crippen LogP contribution in [-0.2, 0) is 65.4 Å². The fraction of sp³-hybridized carbons (Fsp3) is 0.939. The highest BCUT2D eigenvalue weighted by molar-refractivity contribution is 7.47. The summed E-state index contributed by atoms with van der Waals surface area (Å²) in [5.41, 5.74) is 0. The number of phosphoric acid groups is 2. The standard InChI is InChI=1S/C66H128O17P2/c1-56(2)42-34-26-18-16-14-12-10-9-11-13-15-17-19-30-38-46-63(68)76-52-61(82-65(70)48-40-32-24-21-28-36-44-58(5)6)54-80-84(72,73)78-50-60(67)51-79-85(74,75)81-55-62(83-66(71)49-41-33-25-22-29-37-45-59(7)8)53-77-64(69)47-39-31-23-20-27-35-43-57(3)4/h56-62,67H,9-55H2,1-8H3,(H,72,73)(H,74,75)/t60-,61-,62-/m1/s1. The minimum absolute atomic E-state index is 0.100. The van der Waals surface area contributed by atoms with E-state index in [0.717, 1.165) is 102 Å². The van der Waals surface area contributed by atoms with Crippen molar-refractivity contribution < 1.29 is 80.2 Å². The van der Waals surface area contributed by atoms with Crippen LogP contribution in [0.3, 0.4) is 0 Å². The van der Waals surface area contributed by atoms with Gasteiger partial charge in [-0.25, -0.2) is 9.13 Å². The lowest BCUT2D eigenvalue weighted by Crippen LogP contribution is -2.30. The van der Waals surface area contributed by atoms with Crippen LogP contribution in [-0.4, -0.2) is 96.7 Å². The quantitative estimate of drug-likeness (QED) is 0.0222. The molecule has 0 fully saturated rings. The first-order valence-corrected chi connectivity index (χ1v) is 37.2. The van der Waals surface area contributed by atoms with E-state index in [1.165, 1.54) is 116 Å². The molecule has 0 saturated heterocycles. The number of aliphatic hydroxyl groups excluding tert-OH is 1. The summed E-state index contributed by atoms with van der Waals surface area (Å²) in [6.07, 6.45) is 36.8. The highest BCUT2D eigenvalue weighted by Crippen LogP contribution is 2.45. The highest BCUT2D eigenvalue weighted by Gasteiger charge is 2.30. The van der Waals surface area contributed by atoms with E-state index < -0.39 is 97.5 Å². The van der Waals surface area contributed by atoms with E-state index in [0.29, 0.717) is 43.4 Å². The van der Waals surface area contributed by atoms with Gasteiger partial charge < -0.3 is 33.8 Å². The molecule has 5 atom stereocenters. The third-order valence-corrected chi connectivity index (χ3v) is 17.0. The van der Waals surface area contributed by atoms with Crippen molar-refractivity contribution in [1.82, 2.24) is 0 Å². The molecule has 2 unspecified atom stereocenters. The molecule has 3 N–H and O–H groups in total. The topological polar surface area (TPSA) is 237 Å². The second-order valence-electron chi connectivity index (χ2n) is 25.8. The predicted octanol–water partition coefficient (Wildman–Crippen LogP) is 18.1. The number of esters is 4. The lowest BCUT2D eigenvalue weighted by atomic mass is 10.0. The number of aliphatic hydroxyl groups is 1. The van der Waals surface area contributed by atoms with Gasteiger partial charge >= 0.3 is 39.5 Å². The molecular weight excluding hydrogens is 1130 g/mol. The SMILES string of the molecule is CC(C)CCCCCCCCCCCCCCCCCC(=O)OC[C@H](COP(=O)(O)OC[C@@H](O)COP(=O)(O)OC[C@@H](COC(=O)CCCCCCCCC(C)C)OC(=O)CCCCCCCCC(C)C)OC(=O)CCCCCCCCC(C)C. The molecule has 0 rings (SSSR count). The van der Waals surface area contributed by atoms with Crippen LogP contribution < -0.4 is 0 Å². The van der Waals surface area contributed by atoms with Gasteiger partial charge in [-0.3, -0.25) is 37.3 Å². The molecule has 0 aromatic carbocycles. The summed E-state index contributed by atoms with van der Waals surface area (Å²) in [5, 5.41) is 10.5. The second kappa shape index (κ2) is 56.1. The van der Waals surface area contributed by atoms with Crippen molar-refractivity contribution >= 4 is 39.5 Å². The zero-order valence-corrected chi connectivity index (χ0v) is 57.0. The third kappa shape index (κ3) is 60.7. The van der Waals surface area contributed by atoms with Crippen molar-refractivity contribution in [2.75, 3.05) is 39.6 Å². The number of rotatable bonds is 63. The fourth-order valence-corrected chi connectivity index (χ4v) is 11.4. The normalized spacial score (nSPS) is 14.4. The largest absolute Gasteiger partial charge is 0.472 e. The van der Waals surface area contributed by atoms with Crippen LogP contribution in [0.1, 0.15) is 319 Å². The van der Waals surface area contributed by atoms with Gasteiger partial charge in [0.1, 0.15) is 19.3 Å². The van der Waals surface area contributed by atoms with Crippen LogP contribution in [0, 0.1) is 23.7 Å². The number of phosphoric ester groups is 2. The lowest BCUT2D eigenvalue weighted by Gasteiger charge is -2.21. The van der Waals surface area contributed by atoms with E-state index in [-0.39, 0.29) is 25.7 Å². The Hall–Kier alpha value is -1.94. The molecule has 0 aliphatic rings. The number of hydrogen-bond acceptors (Lipinski definition) is 15. The van der Waals surface area contributed by atoms with Gasteiger partial charge in [0.25, 0.3) is 0 Å². The van der Waals surface area contributed by atoms with Crippen LogP contribution in [0.25, 0.3) is 0 Å². The Morgan fingerprint density at radius 2 is 0.494 bits per heavy atom. The van der Waals surface area contributed by atoms with Crippen molar-refractivity contribution in [1.29, 1.82) is 0 Å². The monoisotopic (exact) mass is 1250 g/mol. The summed E-state index contributed by atoms with van der Waals surface area (Å²) >= 11 is 0. The maximum atomic E-state index is 13.0. The predicted molar refractivity (Wildman–Crippen MR) is 340 cm³/mol. The van der Waals surface area contributed by atoms with Crippen molar-refractivity contribution in [3.8, 4) is 0 Å². The first-order valence-electron chi connectivity index (χ1n) is 34.2. The molecule has 19 heteroatoms. The van der Waals surface area contributed by atoms with Gasteiger partial charge in [-0.2, -0.15) is 0 Å². The average molecular weight is 1260 g/mol. The summed E-state index contributed by atoms with van der Waals surface area (Å²) in [6.45, 7) is 13.9. The van der Waals surface area contributed by atoms with Crippen LogP contribution in [0.2, 0.25) is 0 Å². The van der Waals surface area contributed by atoms with Gasteiger partial charge in [0.2, 0.25) is 0 Å².